The summed E-state index contributed by atoms with van der Waals surface area (Å²) in [7, 11) is -2.09. The Kier molecular flexibility index (Phi) is 5.99. The number of carbonyl (C=O) groups excluding carboxylic acids is 1. The van der Waals surface area contributed by atoms with Crippen molar-refractivity contribution < 1.29 is 13.2 Å². The lowest BCUT2D eigenvalue weighted by Crippen LogP contribution is -2.48. The van der Waals surface area contributed by atoms with E-state index >= 15 is 0 Å². The predicted molar refractivity (Wildman–Crippen MR) is 88.0 cm³/mol. The van der Waals surface area contributed by atoms with Gasteiger partial charge in [-0.1, -0.05) is 29.3 Å². The second kappa shape index (κ2) is 6.92. The van der Waals surface area contributed by atoms with Crippen molar-refractivity contribution in [3.63, 3.8) is 0 Å². The maximum atomic E-state index is 12.7. The summed E-state index contributed by atoms with van der Waals surface area (Å²) in [6.45, 7) is 5.53. The molecule has 0 N–H and O–H groups in total. The zero-order valence-corrected chi connectivity index (χ0v) is 15.3. The molecule has 118 valence electrons. The fourth-order valence-corrected chi connectivity index (χ4v) is 3.71. The normalized spacial score (nSPS) is 12.2. The largest absolute Gasteiger partial charge is 0.344 e. The average molecular weight is 376 g/mol. The van der Waals surface area contributed by atoms with Crippen LogP contribution in [0, 0.1) is 0 Å². The van der Waals surface area contributed by atoms with Crippen LogP contribution >= 0.6 is 15.9 Å². The zero-order chi connectivity index (χ0) is 16.3. The smallest absolute Gasteiger partial charge is 0.243 e. The van der Waals surface area contributed by atoms with Gasteiger partial charge in [0.05, 0.1) is 4.90 Å². The lowest BCUT2D eigenvalue weighted by Gasteiger charge is -2.29. The van der Waals surface area contributed by atoms with Gasteiger partial charge < -0.3 is 4.90 Å². The van der Waals surface area contributed by atoms with E-state index in [0.29, 0.717) is 6.54 Å². The summed E-state index contributed by atoms with van der Waals surface area (Å²) in [4.78, 5) is 14.2. The van der Waals surface area contributed by atoms with E-state index in [1.807, 2.05) is 6.92 Å². The standard InChI is InChI=1S/C15H22BrNO3S/c1-5-6-11-17(4)14(18)15(2,3)21(19,20)13-9-7-12(16)8-10-13/h7-10H,5-6,11H2,1-4H3. The number of carbonyl (C=O) groups is 1. The van der Waals surface area contributed by atoms with Gasteiger partial charge >= 0.3 is 0 Å². The molecule has 0 saturated carbocycles. The Morgan fingerprint density at radius 1 is 1.24 bits per heavy atom. The lowest BCUT2D eigenvalue weighted by atomic mass is 10.1. The molecular formula is C15H22BrNO3S. The molecule has 6 heteroatoms. The first-order valence-corrected chi connectivity index (χ1v) is 9.18. The molecule has 0 aliphatic heterocycles. The number of sulfone groups is 1. The summed E-state index contributed by atoms with van der Waals surface area (Å²) in [5.41, 5.74) is 0. The van der Waals surface area contributed by atoms with Gasteiger partial charge in [0.15, 0.2) is 9.84 Å². The van der Waals surface area contributed by atoms with Crippen LogP contribution in [0.4, 0.5) is 0 Å². The fraction of sp³-hybridized carbons (Fsp3) is 0.533. The van der Waals surface area contributed by atoms with Crippen molar-refractivity contribution in [2.45, 2.75) is 43.3 Å². The van der Waals surface area contributed by atoms with Gasteiger partial charge in [0.1, 0.15) is 4.75 Å². The first-order chi connectivity index (χ1) is 9.64. The summed E-state index contributed by atoms with van der Waals surface area (Å²) in [6, 6.07) is 6.35. The molecule has 0 saturated heterocycles. The molecule has 21 heavy (non-hydrogen) atoms. The van der Waals surface area contributed by atoms with Crippen LogP contribution in [0.25, 0.3) is 0 Å². The quantitative estimate of drug-likeness (QED) is 0.766. The monoisotopic (exact) mass is 375 g/mol. The van der Waals surface area contributed by atoms with Crippen molar-refractivity contribution in [3.8, 4) is 0 Å². The number of benzene rings is 1. The van der Waals surface area contributed by atoms with Gasteiger partial charge in [-0.2, -0.15) is 0 Å². The summed E-state index contributed by atoms with van der Waals surface area (Å²) in [5, 5.41) is 0. The van der Waals surface area contributed by atoms with Crippen LogP contribution in [0.2, 0.25) is 0 Å². The fourth-order valence-electron chi connectivity index (χ4n) is 1.98. The van der Waals surface area contributed by atoms with Crippen molar-refractivity contribution in [2.75, 3.05) is 13.6 Å². The molecule has 0 aliphatic carbocycles. The van der Waals surface area contributed by atoms with Gasteiger partial charge in [-0.05, 0) is 44.5 Å². The number of rotatable bonds is 6. The summed E-state index contributed by atoms with van der Waals surface area (Å²) < 4.78 is 24.8. The maximum absolute atomic E-state index is 12.7. The summed E-state index contributed by atoms with van der Waals surface area (Å²) in [5.74, 6) is -0.376. The van der Waals surface area contributed by atoms with E-state index < -0.39 is 14.6 Å². The minimum atomic E-state index is -3.74. The third-order valence-corrected chi connectivity index (χ3v) is 6.44. The summed E-state index contributed by atoms with van der Waals surface area (Å²) >= 11 is 3.27. The third kappa shape index (κ3) is 3.86. The van der Waals surface area contributed by atoms with Crippen molar-refractivity contribution in [2.24, 2.45) is 0 Å². The van der Waals surface area contributed by atoms with Crippen LogP contribution in [-0.4, -0.2) is 37.6 Å². The Morgan fingerprint density at radius 2 is 1.76 bits per heavy atom. The highest BCUT2D eigenvalue weighted by Crippen LogP contribution is 2.28. The molecule has 0 heterocycles. The van der Waals surface area contributed by atoms with Gasteiger partial charge in [-0.3, -0.25) is 4.79 Å². The number of nitrogens with zero attached hydrogens (tertiary/aromatic N) is 1. The van der Waals surface area contributed by atoms with E-state index in [1.165, 1.54) is 30.9 Å². The lowest BCUT2D eigenvalue weighted by molar-refractivity contribution is -0.131. The van der Waals surface area contributed by atoms with E-state index in [9.17, 15) is 13.2 Å². The van der Waals surface area contributed by atoms with Gasteiger partial charge in [0.25, 0.3) is 0 Å². The SMILES string of the molecule is CCCCN(C)C(=O)C(C)(C)S(=O)(=O)c1ccc(Br)cc1. The highest BCUT2D eigenvalue weighted by molar-refractivity contribution is 9.10. The van der Waals surface area contributed by atoms with Gasteiger partial charge in [-0.25, -0.2) is 8.42 Å². The topological polar surface area (TPSA) is 54.5 Å². The van der Waals surface area contributed by atoms with Gasteiger partial charge in [0.2, 0.25) is 5.91 Å². The van der Waals surface area contributed by atoms with E-state index in [1.54, 1.807) is 19.2 Å². The van der Waals surface area contributed by atoms with Crippen LogP contribution in [0.15, 0.2) is 33.6 Å². The molecule has 1 aromatic carbocycles. The van der Waals surface area contributed by atoms with E-state index in [0.717, 1.165) is 17.3 Å². The minimum absolute atomic E-state index is 0.160. The van der Waals surface area contributed by atoms with Crippen molar-refractivity contribution >= 4 is 31.7 Å². The molecule has 0 atom stereocenters. The Bertz CT molecular complexity index is 594. The molecule has 0 bridgehead atoms. The third-order valence-electron chi connectivity index (χ3n) is 3.50. The number of hydrogen-bond donors (Lipinski definition) is 0. The number of halogens is 1. The van der Waals surface area contributed by atoms with Crippen LogP contribution in [0.3, 0.4) is 0 Å². The minimum Gasteiger partial charge on any atom is -0.344 e. The second-order valence-corrected chi connectivity index (χ2v) is 8.96. The highest BCUT2D eigenvalue weighted by Gasteiger charge is 2.44. The number of unbranched alkanes of at least 4 members (excludes halogenated alkanes) is 1. The highest BCUT2D eigenvalue weighted by atomic mass is 79.9. The molecule has 1 amide bonds. The Morgan fingerprint density at radius 3 is 2.24 bits per heavy atom. The second-order valence-electron chi connectivity index (χ2n) is 5.55. The molecule has 0 unspecified atom stereocenters. The van der Waals surface area contributed by atoms with Gasteiger partial charge in [0, 0.05) is 18.1 Å². The van der Waals surface area contributed by atoms with Crippen LogP contribution in [0.1, 0.15) is 33.6 Å². The molecule has 1 aromatic rings. The molecule has 0 fully saturated rings. The van der Waals surface area contributed by atoms with E-state index in [2.05, 4.69) is 15.9 Å². The molecular weight excluding hydrogens is 354 g/mol. The van der Waals surface area contributed by atoms with Crippen molar-refractivity contribution in [1.29, 1.82) is 0 Å². The molecule has 1 rings (SSSR count). The van der Waals surface area contributed by atoms with Crippen LogP contribution < -0.4 is 0 Å². The van der Waals surface area contributed by atoms with Crippen molar-refractivity contribution in [1.82, 2.24) is 4.90 Å². The molecule has 4 nitrogen and oxygen atoms in total. The molecule has 0 aliphatic rings. The average Bonchev–Trinajstić information content (AvgIpc) is 2.44. The first kappa shape index (κ1) is 18.2. The molecule has 0 spiro atoms. The molecule has 0 radical (unpaired) electrons. The Labute approximate surface area is 135 Å². The van der Waals surface area contributed by atoms with Gasteiger partial charge in [-0.15, -0.1) is 0 Å². The number of amides is 1. The predicted octanol–water partition coefficient (Wildman–Crippen LogP) is 3.26. The van der Waals surface area contributed by atoms with Crippen LogP contribution in [0.5, 0.6) is 0 Å². The Hall–Kier alpha value is -0.880. The molecule has 0 aromatic heterocycles. The van der Waals surface area contributed by atoms with Crippen molar-refractivity contribution in [3.05, 3.63) is 28.7 Å². The van der Waals surface area contributed by atoms with Crippen LogP contribution in [-0.2, 0) is 14.6 Å². The van der Waals surface area contributed by atoms with E-state index in [4.69, 9.17) is 0 Å². The maximum Gasteiger partial charge on any atom is 0.243 e. The summed E-state index contributed by atoms with van der Waals surface area (Å²) in [6.07, 6.45) is 1.81. The first-order valence-electron chi connectivity index (χ1n) is 6.90. The zero-order valence-electron chi connectivity index (χ0n) is 12.9. The Balaban J connectivity index is 3.09. The number of hydrogen-bond acceptors (Lipinski definition) is 3. The van der Waals surface area contributed by atoms with E-state index in [-0.39, 0.29) is 10.8 Å².